The van der Waals surface area contributed by atoms with E-state index in [-0.39, 0.29) is 12.5 Å². The second kappa shape index (κ2) is 5.03. The summed E-state index contributed by atoms with van der Waals surface area (Å²) in [6, 6.07) is 0. The van der Waals surface area contributed by atoms with Gasteiger partial charge < -0.3 is 10.0 Å². The highest BCUT2D eigenvalue weighted by atomic mass is 16.3. The molecule has 1 saturated heterocycles. The Hall–Kier alpha value is -1.49. The molecule has 0 radical (unpaired) electrons. The highest BCUT2D eigenvalue weighted by Gasteiger charge is 2.23. The Bertz CT molecular complexity index is 348. The number of amides is 1. The monoisotopic (exact) mass is 221 g/mol. The van der Waals surface area contributed by atoms with E-state index in [9.17, 15) is 4.79 Å². The van der Waals surface area contributed by atoms with Crippen molar-refractivity contribution in [3.8, 4) is 0 Å². The molecule has 0 aromatic carbocycles. The number of hydrogen-bond donors (Lipinski definition) is 1. The van der Waals surface area contributed by atoms with Crippen LogP contribution in [0.5, 0.6) is 0 Å². The number of aliphatic hydroxyl groups is 1. The molecule has 1 aromatic rings. The number of rotatable bonds is 2. The number of piperidine rings is 1. The number of nitrogens with zero attached hydrogens (tertiary/aromatic N) is 3. The molecule has 1 fully saturated rings. The van der Waals surface area contributed by atoms with E-state index in [2.05, 4.69) is 9.97 Å². The molecule has 0 spiro atoms. The lowest BCUT2D eigenvalue weighted by atomic mass is 9.98. The molecule has 86 valence electrons. The van der Waals surface area contributed by atoms with E-state index in [0.717, 1.165) is 12.8 Å². The third-order valence-corrected chi connectivity index (χ3v) is 2.94. The number of likely N-dealkylation sites (tertiary alicyclic amines) is 1. The zero-order valence-corrected chi connectivity index (χ0v) is 9.04. The number of aromatic nitrogens is 2. The quantitative estimate of drug-likeness (QED) is 0.781. The summed E-state index contributed by atoms with van der Waals surface area (Å²) in [6.45, 7) is 1.61. The molecular weight excluding hydrogens is 206 g/mol. The molecule has 2 heterocycles. The van der Waals surface area contributed by atoms with Gasteiger partial charge in [0, 0.05) is 32.1 Å². The summed E-state index contributed by atoms with van der Waals surface area (Å²) in [4.78, 5) is 21.6. The Morgan fingerprint density at radius 3 is 2.75 bits per heavy atom. The van der Waals surface area contributed by atoms with Gasteiger partial charge in [-0.15, -0.1) is 0 Å². The molecule has 0 unspecified atom stereocenters. The van der Waals surface area contributed by atoms with Gasteiger partial charge in [-0.05, 0) is 18.8 Å². The summed E-state index contributed by atoms with van der Waals surface area (Å²) >= 11 is 0. The predicted molar refractivity (Wildman–Crippen MR) is 57.7 cm³/mol. The number of carbonyl (C=O) groups is 1. The lowest BCUT2D eigenvalue weighted by molar-refractivity contribution is 0.0644. The molecular formula is C11H15N3O2. The smallest absolute Gasteiger partial charge is 0.274 e. The minimum absolute atomic E-state index is 0.0653. The molecule has 1 aromatic heterocycles. The van der Waals surface area contributed by atoms with Crippen LogP contribution in [0.1, 0.15) is 23.3 Å². The normalized spacial score (nSPS) is 17.4. The molecule has 1 N–H and O–H groups in total. The highest BCUT2D eigenvalue weighted by Crippen LogP contribution is 2.17. The third-order valence-electron chi connectivity index (χ3n) is 2.94. The first-order valence-electron chi connectivity index (χ1n) is 5.47. The Labute approximate surface area is 94.1 Å². The van der Waals surface area contributed by atoms with E-state index in [1.165, 1.54) is 12.4 Å². The van der Waals surface area contributed by atoms with Gasteiger partial charge in [0.1, 0.15) is 5.69 Å². The zero-order chi connectivity index (χ0) is 11.4. The molecule has 0 atom stereocenters. The minimum Gasteiger partial charge on any atom is -0.396 e. The molecule has 2 rings (SSSR count). The van der Waals surface area contributed by atoms with Crippen molar-refractivity contribution in [3.05, 3.63) is 24.3 Å². The zero-order valence-electron chi connectivity index (χ0n) is 9.04. The van der Waals surface area contributed by atoms with Crippen molar-refractivity contribution in [1.29, 1.82) is 0 Å². The summed E-state index contributed by atoms with van der Waals surface area (Å²) in [5.41, 5.74) is 0.393. The topological polar surface area (TPSA) is 66.3 Å². The Morgan fingerprint density at radius 1 is 1.44 bits per heavy atom. The molecule has 0 bridgehead atoms. The summed E-state index contributed by atoms with van der Waals surface area (Å²) < 4.78 is 0. The van der Waals surface area contributed by atoms with Crippen molar-refractivity contribution in [3.63, 3.8) is 0 Å². The van der Waals surface area contributed by atoms with Crippen LogP contribution in [0.2, 0.25) is 0 Å². The molecule has 0 saturated carbocycles. The van der Waals surface area contributed by atoms with E-state index < -0.39 is 0 Å². The standard InChI is InChI=1S/C11H15N3O2/c15-8-9-1-5-14(6-2-9)11(16)10-7-12-3-4-13-10/h3-4,7,9,15H,1-2,5-6,8H2. The lowest BCUT2D eigenvalue weighted by Crippen LogP contribution is -2.39. The van der Waals surface area contributed by atoms with Gasteiger partial charge in [0.15, 0.2) is 0 Å². The maximum atomic E-state index is 12.0. The molecule has 1 aliphatic rings. The highest BCUT2D eigenvalue weighted by molar-refractivity contribution is 5.91. The number of aliphatic hydroxyl groups excluding tert-OH is 1. The third kappa shape index (κ3) is 2.36. The van der Waals surface area contributed by atoms with Crippen LogP contribution in [0.15, 0.2) is 18.6 Å². The molecule has 0 aliphatic carbocycles. The summed E-state index contributed by atoms with van der Waals surface area (Å²) in [7, 11) is 0. The van der Waals surface area contributed by atoms with Crippen LogP contribution in [0, 0.1) is 5.92 Å². The van der Waals surface area contributed by atoms with Crippen LogP contribution in [0.4, 0.5) is 0 Å². The maximum Gasteiger partial charge on any atom is 0.274 e. The molecule has 1 amide bonds. The lowest BCUT2D eigenvalue weighted by Gasteiger charge is -2.30. The Balaban J connectivity index is 1.97. The van der Waals surface area contributed by atoms with Gasteiger partial charge in [0.2, 0.25) is 0 Å². The molecule has 1 aliphatic heterocycles. The summed E-state index contributed by atoms with van der Waals surface area (Å²) in [6.07, 6.45) is 6.29. The maximum absolute atomic E-state index is 12.0. The van der Waals surface area contributed by atoms with Crippen LogP contribution in [-0.2, 0) is 0 Å². The first-order chi connectivity index (χ1) is 7.81. The second-order valence-electron chi connectivity index (χ2n) is 4.01. The molecule has 5 nitrogen and oxygen atoms in total. The van der Waals surface area contributed by atoms with Gasteiger partial charge in [-0.25, -0.2) is 4.98 Å². The van der Waals surface area contributed by atoms with Gasteiger partial charge in [0.25, 0.3) is 5.91 Å². The van der Waals surface area contributed by atoms with Gasteiger partial charge in [-0.1, -0.05) is 0 Å². The summed E-state index contributed by atoms with van der Waals surface area (Å²) in [5, 5.41) is 9.01. The molecule has 16 heavy (non-hydrogen) atoms. The van der Waals surface area contributed by atoms with Gasteiger partial charge in [0.05, 0.1) is 6.20 Å². The average molecular weight is 221 g/mol. The van der Waals surface area contributed by atoms with E-state index in [0.29, 0.717) is 24.7 Å². The van der Waals surface area contributed by atoms with Crippen molar-refractivity contribution < 1.29 is 9.90 Å². The first-order valence-corrected chi connectivity index (χ1v) is 5.47. The first kappa shape index (κ1) is 11.0. The molecule has 5 heteroatoms. The van der Waals surface area contributed by atoms with E-state index >= 15 is 0 Å². The van der Waals surface area contributed by atoms with Crippen molar-refractivity contribution >= 4 is 5.91 Å². The van der Waals surface area contributed by atoms with Crippen LogP contribution in [0.25, 0.3) is 0 Å². The van der Waals surface area contributed by atoms with E-state index in [4.69, 9.17) is 5.11 Å². The van der Waals surface area contributed by atoms with Gasteiger partial charge >= 0.3 is 0 Å². The number of carbonyl (C=O) groups excluding carboxylic acids is 1. The van der Waals surface area contributed by atoms with Crippen LogP contribution >= 0.6 is 0 Å². The van der Waals surface area contributed by atoms with Crippen molar-refractivity contribution in [2.24, 2.45) is 5.92 Å². The van der Waals surface area contributed by atoms with Gasteiger partial charge in [-0.2, -0.15) is 0 Å². The fourth-order valence-electron chi connectivity index (χ4n) is 1.89. The van der Waals surface area contributed by atoms with Crippen LogP contribution < -0.4 is 0 Å². The van der Waals surface area contributed by atoms with Crippen molar-refractivity contribution in [2.75, 3.05) is 19.7 Å². The van der Waals surface area contributed by atoms with Crippen molar-refractivity contribution in [1.82, 2.24) is 14.9 Å². The van der Waals surface area contributed by atoms with E-state index in [1.54, 1.807) is 11.1 Å². The van der Waals surface area contributed by atoms with Crippen molar-refractivity contribution in [2.45, 2.75) is 12.8 Å². The fraction of sp³-hybridized carbons (Fsp3) is 0.545. The van der Waals surface area contributed by atoms with Gasteiger partial charge in [-0.3, -0.25) is 9.78 Å². The second-order valence-corrected chi connectivity index (χ2v) is 4.01. The minimum atomic E-state index is -0.0653. The average Bonchev–Trinajstić information content (AvgIpc) is 2.39. The fourth-order valence-corrected chi connectivity index (χ4v) is 1.89. The van der Waals surface area contributed by atoms with Crippen LogP contribution in [-0.4, -0.2) is 45.6 Å². The summed E-state index contributed by atoms with van der Waals surface area (Å²) in [5.74, 6) is 0.274. The Kier molecular flexibility index (Phi) is 3.46. The SMILES string of the molecule is O=C(c1cnccn1)N1CCC(CO)CC1. The van der Waals surface area contributed by atoms with E-state index in [1.807, 2.05) is 0 Å². The largest absolute Gasteiger partial charge is 0.396 e. The number of hydrogen-bond acceptors (Lipinski definition) is 4. The van der Waals surface area contributed by atoms with Crippen LogP contribution in [0.3, 0.4) is 0 Å². The Morgan fingerprint density at radius 2 is 2.19 bits per heavy atom. The predicted octanol–water partition coefficient (Wildman–Crippen LogP) is 0.321.